The molecule has 232 valence electrons. The molecule has 1 aliphatic rings. The fraction of sp³-hybridized carbons (Fsp3) is 0.389. The highest BCUT2D eigenvalue weighted by Gasteiger charge is 2.39. The molecule has 0 aromatic carbocycles. The molecule has 4 N–H and O–H groups in total. The van der Waals surface area contributed by atoms with E-state index in [4.69, 9.17) is 9.47 Å². The standard InChI is InChI=1S/C36H44N4O4/c1-9-31(41)43-21-19-35(7)27-15-11-23(37-27)33(3,4)25-13-17-29(39-25)36(8,20-22-44-32(42)10-2)30-18-14-26(40-30)34(5,6)24-12-16-28(35)38-24/h9-18,37-40H,1-2,19-22H2,3-8H3. The van der Waals surface area contributed by atoms with Crippen LogP contribution in [0.5, 0.6) is 0 Å². The number of rotatable bonds is 8. The van der Waals surface area contributed by atoms with Gasteiger partial charge in [-0.3, -0.25) is 0 Å². The molecule has 0 amide bonds. The van der Waals surface area contributed by atoms with Crippen LogP contribution in [0.1, 0.15) is 99.9 Å². The zero-order chi connectivity index (χ0) is 31.9. The van der Waals surface area contributed by atoms with Gasteiger partial charge in [0.1, 0.15) is 0 Å². The highest BCUT2D eigenvalue weighted by molar-refractivity contribution is 5.81. The van der Waals surface area contributed by atoms with E-state index in [1.807, 2.05) is 0 Å². The average molecular weight is 597 g/mol. The summed E-state index contributed by atoms with van der Waals surface area (Å²) in [5.41, 5.74) is 6.55. The van der Waals surface area contributed by atoms with E-state index >= 15 is 0 Å². The van der Waals surface area contributed by atoms with Crippen LogP contribution in [0.25, 0.3) is 0 Å². The first kappa shape index (κ1) is 31.0. The summed E-state index contributed by atoms with van der Waals surface area (Å²) < 4.78 is 10.9. The number of ether oxygens (including phenoxy) is 2. The van der Waals surface area contributed by atoms with Crippen molar-refractivity contribution in [2.45, 2.75) is 76.0 Å². The van der Waals surface area contributed by atoms with E-state index in [0.717, 1.165) is 45.6 Å². The SMILES string of the molecule is C=CC(=O)OCCC1(C)c2ccc([nH]2)C(C)(C)c2ccc([nH]2)C(C)(CCOC(=O)C=C)c2ccc([nH]2)C(C)(C)c2ccc1[nH]2. The molecule has 5 rings (SSSR count). The molecule has 8 heteroatoms. The average Bonchev–Trinajstić information content (AvgIpc) is 3.82. The summed E-state index contributed by atoms with van der Waals surface area (Å²) in [6.45, 7) is 20.7. The number of hydrogen-bond donors (Lipinski definition) is 4. The van der Waals surface area contributed by atoms with E-state index in [9.17, 15) is 9.59 Å². The van der Waals surface area contributed by atoms with Crippen molar-refractivity contribution >= 4 is 11.9 Å². The van der Waals surface area contributed by atoms with Crippen LogP contribution in [0.4, 0.5) is 0 Å². The summed E-state index contributed by atoms with van der Waals surface area (Å²) in [6.07, 6.45) is 3.53. The molecular weight excluding hydrogens is 552 g/mol. The van der Waals surface area contributed by atoms with Gasteiger partial charge in [0.05, 0.1) is 24.0 Å². The minimum absolute atomic E-state index is 0.248. The van der Waals surface area contributed by atoms with Crippen LogP contribution in [0.2, 0.25) is 0 Å². The van der Waals surface area contributed by atoms with Gasteiger partial charge < -0.3 is 29.4 Å². The van der Waals surface area contributed by atoms with Crippen LogP contribution >= 0.6 is 0 Å². The minimum atomic E-state index is -0.496. The highest BCUT2D eigenvalue weighted by atomic mass is 16.5. The number of hydrogen-bond acceptors (Lipinski definition) is 4. The number of carbonyl (C=O) groups is 2. The van der Waals surface area contributed by atoms with Gasteiger partial charge in [0.2, 0.25) is 0 Å². The Kier molecular flexibility index (Phi) is 7.91. The van der Waals surface area contributed by atoms with Crippen molar-refractivity contribution in [2.24, 2.45) is 0 Å². The smallest absolute Gasteiger partial charge is 0.330 e. The second-order valence-electron chi connectivity index (χ2n) is 13.3. The second-order valence-corrected chi connectivity index (χ2v) is 13.3. The predicted molar refractivity (Wildman–Crippen MR) is 172 cm³/mol. The molecule has 0 fully saturated rings. The summed E-state index contributed by atoms with van der Waals surface area (Å²) in [7, 11) is 0. The van der Waals surface area contributed by atoms with E-state index in [-0.39, 0.29) is 24.0 Å². The van der Waals surface area contributed by atoms with Crippen molar-refractivity contribution in [3.63, 3.8) is 0 Å². The fourth-order valence-corrected chi connectivity index (χ4v) is 6.27. The van der Waals surface area contributed by atoms with Gasteiger partial charge in [-0.05, 0) is 103 Å². The number of fused-ring (bicyclic) bond motifs is 8. The van der Waals surface area contributed by atoms with Gasteiger partial charge in [-0.1, -0.05) is 13.2 Å². The molecule has 0 atom stereocenters. The largest absolute Gasteiger partial charge is 0.462 e. The summed E-state index contributed by atoms with van der Waals surface area (Å²) in [5.74, 6) is -0.862. The van der Waals surface area contributed by atoms with Crippen LogP contribution in [0.15, 0.2) is 73.8 Å². The van der Waals surface area contributed by atoms with E-state index in [2.05, 4.69) is 123 Å². The molecule has 1 aliphatic heterocycles. The third-order valence-electron chi connectivity index (χ3n) is 9.84. The maximum absolute atomic E-state index is 11.9. The van der Waals surface area contributed by atoms with Gasteiger partial charge in [-0.15, -0.1) is 0 Å². The Bertz CT molecular complexity index is 1480. The van der Waals surface area contributed by atoms with Gasteiger partial charge in [0, 0.05) is 68.5 Å². The lowest BCUT2D eigenvalue weighted by Gasteiger charge is -2.31. The van der Waals surface area contributed by atoms with Crippen LogP contribution < -0.4 is 0 Å². The van der Waals surface area contributed by atoms with Crippen molar-refractivity contribution in [3.05, 3.63) is 119 Å². The molecule has 8 nitrogen and oxygen atoms in total. The molecule has 0 saturated heterocycles. The minimum Gasteiger partial charge on any atom is -0.462 e. The van der Waals surface area contributed by atoms with Crippen LogP contribution in [-0.2, 0) is 40.7 Å². The highest BCUT2D eigenvalue weighted by Crippen LogP contribution is 2.42. The quantitative estimate of drug-likeness (QED) is 0.132. The third kappa shape index (κ3) is 5.27. The van der Waals surface area contributed by atoms with Gasteiger partial charge >= 0.3 is 11.9 Å². The number of carbonyl (C=O) groups excluding carboxylic acids is 2. The van der Waals surface area contributed by atoms with Crippen LogP contribution in [0, 0.1) is 0 Å². The van der Waals surface area contributed by atoms with Crippen molar-refractivity contribution in [1.82, 2.24) is 19.9 Å². The van der Waals surface area contributed by atoms with E-state index < -0.39 is 22.8 Å². The first-order valence-corrected chi connectivity index (χ1v) is 15.1. The van der Waals surface area contributed by atoms with E-state index in [0.29, 0.717) is 12.8 Å². The lowest BCUT2D eigenvalue weighted by molar-refractivity contribution is -0.139. The Morgan fingerprint density at radius 2 is 0.795 bits per heavy atom. The maximum Gasteiger partial charge on any atom is 0.330 e. The number of nitrogens with one attached hydrogen (secondary N) is 4. The van der Waals surface area contributed by atoms with Crippen LogP contribution in [-0.4, -0.2) is 45.1 Å². The summed E-state index contributed by atoms with van der Waals surface area (Å²) in [6, 6.07) is 17.1. The number of esters is 2. The Morgan fingerprint density at radius 1 is 0.545 bits per heavy atom. The Morgan fingerprint density at radius 3 is 1.05 bits per heavy atom. The molecule has 4 aromatic heterocycles. The molecule has 5 heterocycles. The summed E-state index contributed by atoms with van der Waals surface area (Å²) in [5, 5.41) is 0. The molecule has 8 bridgehead atoms. The number of aromatic nitrogens is 4. The molecule has 0 spiro atoms. The lowest BCUT2D eigenvalue weighted by atomic mass is 9.80. The van der Waals surface area contributed by atoms with Crippen molar-refractivity contribution in [2.75, 3.05) is 13.2 Å². The molecule has 0 saturated carbocycles. The topological polar surface area (TPSA) is 116 Å². The molecule has 0 radical (unpaired) electrons. The molecule has 0 unspecified atom stereocenters. The van der Waals surface area contributed by atoms with Crippen molar-refractivity contribution in [1.29, 1.82) is 0 Å². The van der Waals surface area contributed by atoms with Crippen LogP contribution in [0.3, 0.4) is 0 Å². The molecule has 4 aromatic rings. The Hall–Kier alpha value is -4.46. The third-order valence-corrected chi connectivity index (χ3v) is 9.84. The van der Waals surface area contributed by atoms with Crippen molar-refractivity contribution < 1.29 is 19.1 Å². The second kappa shape index (κ2) is 11.2. The van der Waals surface area contributed by atoms with Gasteiger partial charge in [-0.2, -0.15) is 0 Å². The Labute approximate surface area is 259 Å². The van der Waals surface area contributed by atoms with Crippen molar-refractivity contribution in [3.8, 4) is 0 Å². The summed E-state index contributed by atoms with van der Waals surface area (Å²) in [4.78, 5) is 38.8. The molecule has 0 aliphatic carbocycles. The zero-order valence-corrected chi connectivity index (χ0v) is 26.6. The maximum atomic E-state index is 11.9. The van der Waals surface area contributed by atoms with Gasteiger partial charge in [-0.25, -0.2) is 9.59 Å². The van der Waals surface area contributed by atoms with E-state index in [1.165, 1.54) is 12.2 Å². The predicted octanol–water partition coefficient (Wildman–Crippen LogP) is 6.81. The van der Waals surface area contributed by atoms with Gasteiger partial charge in [0.15, 0.2) is 0 Å². The zero-order valence-electron chi connectivity index (χ0n) is 26.6. The Balaban J connectivity index is 1.66. The van der Waals surface area contributed by atoms with E-state index in [1.54, 1.807) is 0 Å². The monoisotopic (exact) mass is 596 g/mol. The first-order chi connectivity index (χ1) is 20.8. The number of aromatic amines is 4. The number of H-pyrrole nitrogens is 4. The fourth-order valence-electron chi connectivity index (χ4n) is 6.27. The first-order valence-electron chi connectivity index (χ1n) is 15.1. The molecule has 44 heavy (non-hydrogen) atoms. The van der Waals surface area contributed by atoms with Gasteiger partial charge in [0.25, 0.3) is 0 Å². The normalized spacial score (nSPS) is 21.8. The molecular formula is C36H44N4O4. The lowest BCUT2D eigenvalue weighted by Crippen LogP contribution is -2.30. The summed E-state index contributed by atoms with van der Waals surface area (Å²) >= 11 is 0.